The van der Waals surface area contributed by atoms with Crippen molar-refractivity contribution >= 4 is 5.57 Å². The quantitative estimate of drug-likeness (QED) is 0.729. The second-order valence-electron chi connectivity index (χ2n) is 5.06. The van der Waals surface area contributed by atoms with Gasteiger partial charge in [-0.15, -0.1) is 0 Å². The first-order valence-corrected chi connectivity index (χ1v) is 5.67. The molecule has 0 bridgehead atoms. The van der Waals surface area contributed by atoms with Crippen LogP contribution in [0.1, 0.15) is 39.2 Å². The van der Waals surface area contributed by atoms with Crippen molar-refractivity contribution in [1.82, 2.24) is 0 Å². The van der Waals surface area contributed by atoms with Gasteiger partial charge < -0.3 is 0 Å². The fraction of sp³-hybridized carbons (Fsp3) is 0.400. The fourth-order valence-corrected chi connectivity index (χ4v) is 1.67. The van der Waals surface area contributed by atoms with Gasteiger partial charge in [0.25, 0.3) is 0 Å². The molecule has 0 fully saturated rings. The Bertz CT molecular complexity index is 388. The van der Waals surface area contributed by atoms with Crippen molar-refractivity contribution < 1.29 is 0 Å². The van der Waals surface area contributed by atoms with E-state index in [1.54, 1.807) is 0 Å². The van der Waals surface area contributed by atoms with Crippen molar-refractivity contribution in [2.24, 2.45) is 5.41 Å². The molecule has 1 heteroatoms. The molecule has 1 aromatic carbocycles. The maximum atomic E-state index is 8.68. The third-order valence-electron chi connectivity index (χ3n) is 2.26. The summed E-state index contributed by atoms with van der Waals surface area (Å²) < 4.78 is 0. The normalized spacial score (nSPS) is 12.2. The van der Waals surface area contributed by atoms with E-state index in [4.69, 9.17) is 5.26 Å². The van der Waals surface area contributed by atoms with Crippen LogP contribution in [0.15, 0.2) is 36.4 Å². The third-order valence-corrected chi connectivity index (χ3v) is 2.26. The van der Waals surface area contributed by atoms with Crippen LogP contribution in [0.3, 0.4) is 0 Å². The average Bonchev–Trinajstić information content (AvgIpc) is 2.24. The molecule has 1 nitrogen and oxygen atoms in total. The van der Waals surface area contributed by atoms with Crippen LogP contribution in [-0.2, 0) is 0 Å². The van der Waals surface area contributed by atoms with E-state index in [2.05, 4.69) is 45.0 Å². The lowest BCUT2D eigenvalue weighted by Crippen LogP contribution is -2.01. The summed E-state index contributed by atoms with van der Waals surface area (Å²) in [6, 6.07) is 12.5. The minimum absolute atomic E-state index is 0.153. The third kappa shape index (κ3) is 4.31. The minimum atomic E-state index is 0.153. The van der Waals surface area contributed by atoms with Gasteiger partial charge in [0, 0.05) is 6.42 Å². The summed E-state index contributed by atoms with van der Waals surface area (Å²) in [6.45, 7) is 6.55. The Kier molecular flexibility index (Phi) is 4.31. The number of rotatable bonds is 3. The summed E-state index contributed by atoms with van der Waals surface area (Å²) in [7, 11) is 0. The van der Waals surface area contributed by atoms with Gasteiger partial charge in [-0.3, -0.25) is 0 Å². The second kappa shape index (κ2) is 5.51. The molecule has 0 aromatic heterocycles. The smallest absolute Gasteiger partial charge is 0.0625 e. The molecular weight excluding hydrogens is 194 g/mol. The van der Waals surface area contributed by atoms with E-state index in [0.29, 0.717) is 6.42 Å². The topological polar surface area (TPSA) is 23.8 Å². The van der Waals surface area contributed by atoms with Crippen molar-refractivity contribution in [3.8, 4) is 6.07 Å². The van der Waals surface area contributed by atoms with Crippen molar-refractivity contribution in [3.05, 3.63) is 42.0 Å². The van der Waals surface area contributed by atoms with Crippen LogP contribution in [0.5, 0.6) is 0 Å². The minimum Gasteiger partial charge on any atom is -0.198 e. The lowest BCUT2D eigenvalue weighted by atomic mass is 9.89. The molecule has 0 saturated heterocycles. The molecule has 0 amide bonds. The molecule has 0 unspecified atom stereocenters. The predicted molar refractivity (Wildman–Crippen MR) is 68.7 cm³/mol. The van der Waals surface area contributed by atoms with Crippen LogP contribution in [-0.4, -0.2) is 0 Å². The van der Waals surface area contributed by atoms with Crippen molar-refractivity contribution in [2.75, 3.05) is 0 Å². The molecule has 0 aliphatic carbocycles. The van der Waals surface area contributed by atoms with Crippen molar-refractivity contribution in [2.45, 2.75) is 33.6 Å². The van der Waals surface area contributed by atoms with Gasteiger partial charge in [-0.25, -0.2) is 0 Å². The molecular formula is C15H19N. The molecule has 0 heterocycles. The standard InChI is InChI=1S/C15H19N/c1-15(2,3)12-14(10-7-11-16)13-8-5-4-6-9-13/h4-6,8-9,12H,7,10H2,1-3H3/b14-12-. The highest BCUT2D eigenvalue weighted by molar-refractivity contribution is 5.66. The number of nitrogens with zero attached hydrogens (tertiary/aromatic N) is 1. The van der Waals surface area contributed by atoms with E-state index in [0.717, 1.165) is 6.42 Å². The van der Waals surface area contributed by atoms with Gasteiger partial charge in [-0.2, -0.15) is 5.26 Å². The van der Waals surface area contributed by atoms with Gasteiger partial charge in [0.15, 0.2) is 0 Å². The van der Waals surface area contributed by atoms with E-state index in [1.165, 1.54) is 11.1 Å². The summed E-state index contributed by atoms with van der Waals surface area (Å²) in [5.74, 6) is 0. The Hall–Kier alpha value is -1.55. The zero-order chi connectivity index (χ0) is 12.0. The number of allylic oxidation sites excluding steroid dienone is 2. The molecule has 16 heavy (non-hydrogen) atoms. The van der Waals surface area contributed by atoms with E-state index in [1.807, 2.05) is 18.2 Å². The lowest BCUT2D eigenvalue weighted by Gasteiger charge is -2.16. The number of benzene rings is 1. The van der Waals surface area contributed by atoms with Crippen LogP contribution in [0, 0.1) is 16.7 Å². The Morgan fingerprint density at radius 2 is 1.88 bits per heavy atom. The molecule has 0 saturated carbocycles. The van der Waals surface area contributed by atoms with Crippen LogP contribution in [0.2, 0.25) is 0 Å². The number of nitriles is 1. The molecule has 0 spiro atoms. The van der Waals surface area contributed by atoms with Gasteiger partial charge in [0.1, 0.15) is 0 Å². The molecule has 1 aromatic rings. The van der Waals surface area contributed by atoms with Gasteiger partial charge >= 0.3 is 0 Å². The number of hydrogen-bond acceptors (Lipinski definition) is 1. The molecule has 84 valence electrons. The highest BCUT2D eigenvalue weighted by atomic mass is 14.2. The van der Waals surface area contributed by atoms with E-state index in [9.17, 15) is 0 Å². The highest BCUT2D eigenvalue weighted by Gasteiger charge is 2.09. The second-order valence-corrected chi connectivity index (χ2v) is 5.06. The Balaban J connectivity index is 2.98. The highest BCUT2D eigenvalue weighted by Crippen LogP contribution is 2.26. The van der Waals surface area contributed by atoms with Crippen molar-refractivity contribution in [3.63, 3.8) is 0 Å². The maximum absolute atomic E-state index is 8.68. The first-order chi connectivity index (χ1) is 7.53. The zero-order valence-electron chi connectivity index (χ0n) is 10.3. The summed E-state index contributed by atoms with van der Waals surface area (Å²) in [5, 5.41) is 8.68. The maximum Gasteiger partial charge on any atom is 0.0625 e. The fourth-order valence-electron chi connectivity index (χ4n) is 1.67. The molecule has 0 aliphatic heterocycles. The van der Waals surface area contributed by atoms with Gasteiger partial charge in [0.2, 0.25) is 0 Å². The Labute approximate surface area is 98.4 Å². The number of hydrogen-bond donors (Lipinski definition) is 0. The Morgan fingerprint density at radius 3 is 2.38 bits per heavy atom. The lowest BCUT2D eigenvalue weighted by molar-refractivity contribution is 0.544. The largest absolute Gasteiger partial charge is 0.198 e. The molecule has 0 N–H and O–H groups in total. The summed E-state index contributed by atoms with van der Waals surface area (Å²) in [6.07, 6.45) is 3.67. The van der Waals surface area contributed by atoms with Gasteiger partial charge in [-0.1, -0.05) is 57.2 Å². The zero-order valence-corrected chi connectivity index (χ0v) is 10.3. The first kappa shape index (κ1) is 12.5. The predicted octanol–water partition coefficient (Wildman–Crippen LogP) is 4.42. The monoisotopic (exact) mass is 213 g/mol. The average molecular weight is 213 g/mol. The van der Waals surface area contributed by atoms with Crippen molar-refractivity contribution in [1.29, 1.82) is 5.26 Å². The van der Waals surface area contributed by atoms with Crippen LogP contribution in [0.4, 0.5) is 0 Å². The van der Waals surface area contributed by atoms with Gasteiger partial charge in [-0.05, 0) is 23.0 Å². The summed E-state index contributed by atoms with van der Waals surface area (Å²) in [5.41, 5.74) is 2.66. The van der Waals surface area contributed by atoms with Gasteiger partial charge in [0.05, 0.1) is 6.07 Å². The van der Waals surface area contributed by atoms with E-state index < -0.39 is 0 Å². The SMILES string of the molecule is CC(C)(C)/C=C(/CCC#N)c1ccccc1. The first-order valence-electron chi connectivity index (χ1n) is 5.67. The molecule has 0 atom stereocenters. The van der Waals surface area contributed by atoms with Crippen LogP contribution >= 0.6 is 0 Å². The van der Waals surface area contributed by atoms with Crippen LogP contribution < -0.4 is 0 Å². The summed E-state index contributed by atoms with van der Waals surface area (Å²) in [4.78, 5) is 0. The van der Waals surface area contributed by atoms with Crippen LogP contribution in [0.25, 0.3) is 5.57 Å². The molecule has 0 radical (unpaired) electrons. The Morgan fingerprint density at radius 1 is 1.25 bits per heavy atom. The van der Waals surface area contributed by atoms with E-state index >= 15 is 0 Å². The summed E-state index contributed by atoms with van der Waals surface area (Å²) >= 11 is 0. The van der Waals surface area contributed by atoms with E-state index in [-0.39, 0.29) is 5.41 Å². The molecule has 1 rings (SSSR count). The molecule has 0 aliphatic rings.